The molecule has 0 atom stereocenters. The standard InChI is InChI=1S/C19H18N2O2S/c20-14-24-13-15-6-8-18(9-7-15)22-11-10-17-12-23-19(21-17)16-4-2-1-3-5-16/h1-9,12,14,20H,10-11,13H2. The third-order valence-electron chi connectivity index (χ3n) is 3.46. The summed E-state index contributed by atoms with van der Waals surface area (Å²) < 4.78 is 11.3. The Morgan fingerprint density at radius 1 is 1.08 bits per heavy atom. The first-order chi connectivity index (χ1) is 11.8. The SMILES string of the molecule is N=CSCc1ccc(OCCc2coc(-c3ccccc3)n2)cc1. The number of ether oxygens (including phenoxy) is 1. The molecule has 0 saturated carbocycles. The highest BCUT2D eigenvalue weighted by Crippen LogP contribution is 2.19. The van der Waals surface area contributed by atoms with Crippen LogP contribution in [0, 0.1) is 5.41 Å². The fraction of sp³-hybridized carbons (Fsp3) is 0.158. The fourth-order valence-electron chi connectivity index (χ4n) is 2.23. The van der Waals surface area contributed by atoms with Crippen molar-refractivity contribution in [3.63, 3.8) is 0 Å². The van der Waals surface area contributed by atoms with Crippen molar-refractivity contribution in [2.75, 3.05) is 6.61 Å². The topological polar surface area (TPSA) is 59.1 Å². The molecule has 1 N–H and O–H groups in total. The molecule has 0 bridgehead atoms. The van der Waals surface area contributed by atoms with Crippen molar-refractivity contribution in [1.29, 1.82) is 5.41 Å². The summed E-state index contributed by atoms with van der Waals surface area (Å²) in [5, 5.41) is 7.02. The third-order valence-corrected chi connectivity index (χ3v) is 4.12. The zero-order valence-electron chi connectivity index (χ0n) is 13.1. The molecule has 0 saturated heterocycles. The van der Waals surface area contributed by atoms with E-state index in [1.165, 1.54) is 22.9 Å². The van der Waals surface area contributed by atoms with E-state index in [-0.39, 0.29) is 0 Å². The van der Waals surface area contributed by atoms with Crippen LogP contribution in [-0.2, 0) is 12.2 Å². The molecule has 3 aromatic rings. The van der Waals surface area contributed by atoms with Crippen molar-refractivity contribution in [3.8, 4) is 17.2 Å². The number of hydrogen-bond acceptors (Lipinski definition) is 5. The number of aromatic nitrogens is 1. The van der Waals surface area contributed by atoms with Crippen LogP contribution in [0.25, 0.3) is 11.5 Å². The van der Waals surface area contributed by atoms with Gasteiger partial charge in [0.15, 0.2) is 0 Å². The Balaban J connectivity index is 1.50. The van der Waals surface area contributed by atoms with Crippen molar-refractivity contribution in [1.82, 2.24) is 4.98 Å². The van der Waals surface area contributed by atoms with Crippen molar-refractivity contribution in [2.24, 2.45) is 0 Å². The van der Waals surface area contributed by atoms with E-state index >= 15 is 0 Å². The maximum atomic E-state index is 7.02. The van der Waals surface area contributed by atoms with Crippen molar-refractivity contribution >= 4 is 17.3 Å². The second kappa shape index (κ2) is 8.36. The van der Waals surface area contributed by atoms with Gasteiger partial charge >= 0.3 is 0 Å². The summed E-state index contributed by atoms with van der Waals surface area (Å²) >= 11 is 1.46. The van der Waals surface area contributed by atoms with Gasteiger partial charge in [-0.15, -0.1) is 11.8 Å². The van der Waals surface area contributed by atoms with Crippen molar-refractivity contribution in [2.45, 2.75) is 12.2 Å². The predicted octanol–water partition coefficient (Wildman–Crippen LogP) is 4.80. The minimum absolute atomic E-state index is 0.551. The molecule has 4 nitrogen and oxygen atoms in total. The van der Waals surface area contributed by atoms with Gasteiger partial charge in [-0.1, -0.05) is 30.3 Å². The third kappa shape index (κ3) is 4.49. The molecular formula is C19H18N2O2S. The Bertz CT molecular complexity index is 770. The number of nitrogens with zero attached hydrogens (tertiary/aromatic N) is 1. The van der Waals surface area contributed by atoms with Gasteiger partial charge in [-0.3, -0.25) is 0 Å². The van der Waals surface area contributed by atoms with Crippen LogP contribution < -0.4 is 4.74 Å². The number of thioether (sulfide) groups is 1. The Labute approximate surface area is 145 Å². The summed E-state index contributed by atoms with van der Waals surface area (Å²) in [6.07, 6.45) is 2.38. The van der Waals surface area contributed by atoms with Crippen LogP contribution in [0.3, 0.4) is 0 Å². The molecule has 5 heteroatoms. The second-order valence-electron chi connectivity index (χ2n) is 5.18. The molecule has 122 valence electrons. The molecule has 0 unspecified atom stereocenters. The number of nitrogens with one attached hydrogen (secondary N) is 1. The molecule has 0 amide bonds. The average molecular weight is 338 g/mol. The van der Waals surface area contributed by atoms with Crippen LogP contribution in [0.5, 0.6) is 5.75 Å². The van der Waals surface area contributed by atoms with Crippen molar-refractivity contribution < 1.29 is 9.15 Å². The first-order valence-electron chi connectivity index (χ1n) is 7.67. The molecule has 3 rings (SSSR count). The monoisotopic (exact) mass is 338 g/mol. The van der Waals surface area contributed by atoms with Gasteiger partial charge in [0, 0.05) is 17.7 Å². The van der Waals surface area contributed by atoms with Gasteiger partial charge in [0.05, 0.1) is 17.8 Å². The van der Waals surface area contributed by atoms with Crippen LogP contribution >= 0.6 is 11.8 Å². The molecule has 1 heterocycles. The Kier molecular flexibility index (Phi) is 5.69. The van der Waals surface area contributed by atoms with E-state index in [0.717, 1.165) is 22.8 Å². The molecule has 0 spiro atoms. The largest absolute Gasteiger partial charge is 0.493 e. The summed E-state index contributed by atoms with van der Waals surface area (Å²) in [6.45, 7) is 0.551. The first-order valence-corrected chi connectivity index (χ1v) is 8.72. The molecule has 0 aliphatic rings. The van der Waals surface area contributed by atoms with E-state index in [9.17, 15) is 0 Å². The molecule has 1 aromatic heterocycles. The van der Waals surface area contributed by atoms with Crippen molar-refractivity contribution in [3.05, 3.63) is 72.1 Å². The first kappa shape index (κ1) is 16.3. The van der Waals surface area contributed by atoms with Crippen LogP contribution in [-0.4, -0.2) is 17.1 Å². The quantitative estimate of drug-likeness (QED) is 0.473. The highest BCUT2D eigenvalue weighted by atomic mass is 32.2. The molecule has 0 fully saturated rings. The molecule has 0 aliphatic carbocycles. The Hall–Kier alpha value is -2.53. The number of benzene rings is 2. The number of oxazole rings is 1. The predicted molar refractivity (Wildman–Crippen MR) is 97.7 cm³/mol. The van der Waals surface area contributed by atoms with E-state index in [2.05, 4.69) is 4.98 Å². The number of rotatable bonds is 8. The highest BCUT2D eigenvalue weighted by molar-refractivity contribution is 8.11. The summed E-state index contributed by atoms with van der Waals surface area (Å²) in [7, 11) is 0. The van der Waals surface area contributed by atoms with E-state index in [1.807, 2.05) is 54.6 Å². The molecule has 0 radical (unpaired) electrons. The van der Waals surface area contributed by atoms with Gasteiger partial charge in [0.25, 0.3) is 0 Å². The minimum atomic E-state index is 0.551. The van der Waals surface area contributed by atoms with Gasteiger partial charge in [-0.25, -0.2) is 4.98 Å². The molecule has 24 heavy (non-hydrogen) atoms. The smallest absolute Gasteiger partial charge is 0.226 e. The van der Waals surface area contributed by atoms with Crippen LogP contribution in [0.2, 0.25) is 0 Å². The lowest BCUT2D eigenvalue weighted by atomic mass is 10.2. The van der Waals surface area contributed by atoms with E-state index in [0.29, 0.717) is 18.9 Å². The molecule has 2 aromatic carbocycles. The summed E-state index contributed by atoms with van der Waals surface area (Å²) in [5.74, 6) is 2.29. The summed E-state index contributed by atoms with van der Waals surface area (Å²) in [6, 6.07) is 17.8. The Morgan fingerprint density at radius 2 is 1.88 bits per heavy atom. The maximum absolute atomic E-state index is 7.02. The lowest BCUT2D eigenvalue weighted by Gasteiger charge is -2.05. The second-order valence-corrected chi connectivity index (χ2v) is 6.04. The van der Waals surface area contributed by atoms with Gasteiger partial charge in [0.2, 0.25) is 5.89 Å². The molecular weight excluding hydrogens is 320 g/mol. The minimum Gasteiger partial charge on any atom is -0.493 e. The van der Waals surface area contributed by atoms with Crippen LogP contribution in [0.4, 0.5) is 0 Å². The van der Waals surface area contributed by atoms with E-state index in [4.69, 9.17) is 14.6 Å². The lowest BCUT2D eigenvalue weighted by Crippen LogP contribution is -2.01. The maximum Gasteiger partial charge on any atom is 0.226 e. The number of hydrogen-bond donors (Lipinski definition) is 1. The van der Waals surface area contributed by atoms with Gasteiger partial charge in [-0.05, 0) is 29.8 Å². The zero-order valence-corrected chi connectivity index (χ0v) is 14.0. The Morgan fingerprint density at radius 3 is 2.62 bits per heavy atom. The lowest BCUT2D eigenvalue weighted by molar-refractivity contribution is 0.320. The van der Waals surface area contributed by atoms with Crippen LogP contribution in [0.15, 0.2) is 65.3 Å². The van der Waals surface area contributed by atoms with Gasteiger partial charge in [-0.2, -0.15) is 0 Å². The van der Waals surface area contributed by atoms with E-state index in [1.54, 1.807) is 6.26 Å². The zero-order chi connectivity index (χ0) is 16.6. The van der Waals surface area contributed by atoms with Crippen LogP contribution in [0.1, 0.15) is 11.3 Å². The molecule has 0 aliphatic heterocycles. The average Bonchev–Trinajstić information content (AvgIpc) is 3.11. The summed E-state index contributed by atoms with van der Waals surface area (Å²) in [5.41, 5.74) is 4.39. The highest BCUT2D eigenvalue weighted by Gasteiger charge is 2.06. The normalized spacial score (nSPS) is 10.5. The van der Waals surface area contributed by atoms with Gasteiger partial charge in [0.1, 0.15) is 12.0 Å². The van der Waals surface area contributed by atoms with E-state index < -0.39 is 0 Å². The summed E-state index contributed by atoms with van der Waals surface area (Å²) in [4.78, 5) is 4.49. The fourth-order valence-corrected chi connectivity index (χ4v) is 2.70. The van der Waals surface area contributed by atoms with Gasteiger partial charge < -0.3 is 14.6 Å².